The van der Waals surface area contributed by atoms with E-state index in [1.54, 1.807) is 29.7 Å². The molecule has 1 N–H and O–H groups in total. The van der Waals surface area contributed by atoms with Crippen LogP contribution in [-0.2, 0) is 4.79 Å². The van der Waals surface area contributed by atoms with Gasteiger partial charge in [-0.15, -0.1) is 11.3 Å². The number of carbonyl (C=O) groups is 1. The maximum Gasteiger partial charge on any atom is 0.310 e. The molecule has 0 bridgehead atoms. The lowest BCUT2D eigenvalue weighted by Gasteiger charge is -2.07. The number of rotatable bonds is 6. The van der Waals surface area contributed by atoms with E-state index in [0.717, 1.165) is 20.8 Å². The number of anilines is 1. The molecular weight excluding hydrogens is 392 g/mol. The van der Waals surface area contributed by atoms with E-state index in [9.17, 15) is 14.9 Å². The number of para-hydroxylation sites is 3. The molecule has 1 amide bonds. The maximum atomic E-state index is 12.1. The Hall–Kier alpha value is -3.85. The molecular formula is C20H14N4O4S. The predicted octanol–water partition coefficient (Wildman–Crippen LogP) is 4.28. The van der Waals surface area contributed by atoms with Crippen LogP contribution in [0.25, 0.3) is 20.8 Å². The first-order valence-electron chi connectivity index (χ1n) is 8.58. The van der Waals surface area contributed by atoms with Crippen molar-refractivity contribution in [2.75, 3.05) is 11.9 Å². The summed E-state index contributed by atoms with van der Waals surface area (Å²) in [6.07, 6.45) is 1.64. The zero-order chi connectivity index (χ0) is 20.2. The molecule has 0 fully saturated rings. The number of pyridine rings is 1. The summed E-state index contributed by atoms with van der Waals surface area (Å²) in [5.74, 6) is -0.0822. The van der Waals surface area contributed by atoms with Crippen LogP contribution in [0.15, 0.2) is 66.9 Å². The SMILES string of the molecule is O=C(COc1ccccc1[N+](=O)[O-])Nc1ccc(-c2nc3ccccc3s2)cn1. The molecule has 0 radical (unpaired) electrons. The van der Waals surface area contributed by atoms with Crippen molar-refractivity contribution in [3.8, 4) is 16.3 Å². The Bertz CT molecular complexity index is 1160. The number of hydrogen-bond acceptors (Lipinski definition) is 7. The molecule has 0 atom stereocenters. The Balaban J connectivity index is 1.40. The van der Waals surface area contributed by atoms with Gasteiger partial charge in [0.1, 0.15) is 10.8 Å². The highest BCUT2D eigenvalue weighted by Crippen LogP contribution is 2.30. The molecule has 0 saturated carbocycles. The number of nitro groups is 1. The van der Waals surface area contributed by atoms with Gasteiger partial charge in [-0.05, 0) is 30.3 Å². The Labute approximate surface area is 169 Å². The lowest BCUT2D eigenvalue weighted by atomic mass is 10.3. The number of aromatic nitrogens is 2. The number of carbonyl (C=O) groups excluding carboxylic acids is 1. The largest absolute Gasteiger partial charge is 0.477 e. The lowest BCUT2D eigenvalue weighted by Crippen LogP contribution is -2.21. The second-order valence-corrected chi connectivity index (χ2v) is 7.01. The normalized spacial score (nSPS) is 10.6. The highest BCUT2D eigenvalue weighted by Gasteiger charge is 2.15. The number of benzene rings is 2. The molecule has 8 nitrogen and oxygen atoms in total. The van der Waals surface area contributed by atoms with Crippen LogP contribution in [0.2, 0.25) is 0 Å². The minimum atomic E-state index is -0.560. The van der Waals surface area contributed by atoms with Gasteiger partial charge in [-0.2, -0.15) is 0 Å². The highest BCUT2D eigenvalue weighted by molar-refractivity contribution is 7.21. The number of hydrogen-bond donors (Lipinski definition) is 1. The minimum absolute atomic E-state index is 0.0341. The van der Waals surface area contributed by atoms with Gasteiger partial charge in [0, 0.05) is 17.8 Å². The third-order valence-corrected chi connectivity index (χ3v) is 5.08. The molecule has 144 valence electrons. The topological polar surface area (TPSA) is 107 Å². The molecule has 0 aliphatic carbocycles. The van der Waals surface area contributed by atoms with Gasteiger partial charge in [0.25, 0.3) is 5.91 Å². The van der Waals surface area contributed by atoms with Crippen molar-refractivity contribution in [1.82, 2.24) is 9.97 Å². The zero-order valence-electron chi connectivity index (χ0n) is 14.9. The average Bonchev–Trinajstić information content (AvgIpc) is 3.17. The fourth-order valence-electron chi connectivity index (χ4n) is 2.64. The standard InChI is InChI=1S/C20H14N4O4S/c25-19(12-28-16-7-3-2-6-15(16)24(26)27)23-18-10-9-13(11-21-18)20-22-14-5-1-4-8-17(14)29-20/h1-11H,12H2,(H,21,23,25). The van der Waals surface area contributed by atoms with Gasteiger partial charge in [0.05, 0.1) is 15.1 Å². The van der Waals surface area contributed by atoms with E-state index in [4.69, 9.17) is 4.74 Å². The van der Waals surface area contributed by atoms with Crippen molar-refractivity contribution in [3.63, 3.8) is 0 Å². The summed E-state index contributed by atoms with van der Waals surface area (Å²) in [5.41, 5.74) is 1.58. The van der Waals surface area contributed by atoms with Gasteiger partial charge in [-0.25, -0.2) is 9.97 Å². The summed E-state index contributed by atoms with van der Waals surface area (Å²) in [5, 5.41) is 14.4. The fraction of sp³-hybridized carbons (Fsp3) is 0.0500. The third-order valence-electron chi connectivity index (χ3n) is 3.99. The second-order valence-electron chi connectivity index (χ2n) is 5.98. The molecule has 2 aromatic heterocycles. The van der Waals surface area contributed by atoms with E-state index in [1.807, 2.05) is 30.3 Å². The maximum absolute atomic E-state index is 12.1. The molecule has 0 unspecified atom stereocenters. The number of fused-ring (bicyclic) bond motifs is 1. The molecule has 2 heterocycles. The molecule has 2 aromatic carbocycles. The van der Waals surface area contributed by atoms with Crippen molar-refractivity contribution in [1.29, 1.82) is 0 Å². The van der Waals surface area contributed by atoms with Crippen molar-refractivity contribution in [3.05, 3.63) is 77.0 Å². The van der Waals surface area contributed by atoms with Gasteiger partial charge in [-0.1, -0.05) is 24.3 Å². The zero-order valence-corrected chi connectivity index (χ0v) is 15.8. The molecule has 0 saturated heterocycles. The molecule has 0 aliphatic rings. The predicted molar refractivity (Wildman–Crippen MR) is 110 cm³/mol. The first kappa shape index (κ1) is 18.5. The van der Waals surface area contributed by atoms with E-state index in [-0.39, 0.29) is 18.0 Å². The van der Waals surface area contributed by atoms with E-state index >= 15 is 0 Å². The van der Waals surface area contributed by atoms with Crippen molar-refractivity contribution >= 4 is 39.0 Å². The molecule has 4 aromatic rings. The van der Waals surface area contributed by atoms with Crippen LogP contribution in [0.4, 0.5) is 11.5 Å². The van der Waals surface area contributed by atoms with Crippen LogP contribution < -0.4 is 10.1 Å². The van der Waals surface area contributed by atoms with Gasteiger partial charge in [-0.3, -0.25) is 14.9 Å². The van der Waals surface area contributed by atoms with Crippen molar-refractivity contribution < 1.29 is 14.5 Å². The molecule has 0 aliphatic heterocycles. The average molecular weight is 406 g/mol. The molecule has 9 heteroatoms. The van der Waals surface area contributed by atoms with Crippen LogP contribution in [0.3, 0.4) is 0 Å². The Morgan fingerprint density at radius 2 is 1.90 bits per heavy atom. The summed E-state index contributed by atoms with van der Waals surface area (Å²) in [6.45, 7) is -0.369. The smallest absolute Gasteiger partial charge is 0.310 e. The van der Waals surface area contributed by atoms with Gasteiger partial charge in [0.2, 0.25) is 0 Å². The van der Waals surface area contributed by atoms with Crippen LogP contribution in [0.1, 0.15) is 0 Å². The first-order valence-corrected chi connectivity index (χ1v) is 9.40. The number of nitrogens with one attached hydrogen (secondary N) is 1. The van der Waals surface area contributed by atoms with Crippen LogP contribution in [-0.4, -0.2) is 27.4 Å². The van der Waals surface area contributed by atoms with E-state index in [0.29, 0.717) is 5.82 Å². The summed E-state index contributed by atoms with van der Waals surface area (Å²) >= 11 is 1.57. The molecule has 0 spiro atoms. The first-order chi connectivity index (χ1) is 14.1. The number of thiazole rings is 1. The van der Waals surface area contributed by atoms with Gasteiger partial charge in [0.15, 0.2) is 12.4 Å². The van der Waals surface area contributed by atoms with Gasteiger partial charge >= 0.3 is 5.69 Å². The number of ether oxygens (including phenoxy) is 1. The Morgan fingerprint density at radius 3 is 2.66 bits per heavy atom. The van der Waals surface area contributed by atoms with E-state index < -0.39 is 10.8 Å². The third kappa shape index (κ3) is 4.19. The summed E-state index contributed by atoms with van der Waals surface area (Å²) in [6, 6.07) is 17.2. The summed E-state index contributed by atoms with van der Waals surface area (Å²) in [7, 11) is 0. The van der Waals surface area contributed by atoms with E-state index in [2.05, 4.69) is 15.3 Å². The minimum Gasteiger partial charge on any atom is -0.477 e. The van der Waals surface area contributed by atoms with Gasteiger partial charge < -0.3 is 10.1 Å². The van der Waals surface area contributed by atoms with Crippen LogP contribution in [0, 0.1) is 10.1 Å². The number of nitrogens with zero attached hydrogens (tertiary/aromatic N) is 3. The van der Waals surface area contributed by atoms with Crippen LogP contribution in [0.5, 0.6) is 5.75 Å². The van der Waals surface area contributed by atoms with Crippen molar-refractivity contribution in [2.24, 2.45) is 0 Å². The Morgan fingerprint density at radius 1 is 1.10 bits per heavy atom. The van der Waals surface area contributed by atoms with E-state index in [1.165, 1.54) is 18.2 Å². The number of amides is 1. The molecule has 29 heavy (non-hydrogen) atoms. The number of nitro benzene ring substituents is 1. The fourth-order valence-corrected chi connectivity index (χ4v) is 3.60. The second kappa shape index (κ2) is 8.03. The summed E-state index contributed by atoms with van der Waals surface area (Å²) in [4.78, 5) is 31.3. The van der Waals surface area contributed by atoms with Crippen molar-refractivity contribution in [2.45, 2.75) is 0 Å². The quantitative estimate of drug-likeness (QED) is 0.378. The Kier molecular flexibility index (Phi) is 5.12. The highest BCUT2D eigenvalue weighted by atomic mass is 32.1. The lowest BCUT2D eigenvalue weighted by molar-refractivity contribution is -0.385. The monoisotopic (exact) mass is 406 g/mol. The summed E-state index contributed by atoms with van der Waals surface area (Å²) < 4.78 is 6.36. The van der Waals surface area contributed by atoms with Crippen LogP contribution >= 0.6 is 11.3 Å². The molecule has 4 rings (SSSR count).